The first-order valence-electron chi connectivity index (χ1n) is 15.6. The highest BCUT2D eigenvalue weighted by molar-refractivity contribution is 5.64. The Balaban J connectivity index is 1.21. The van der Waals surface area contributed by atoms with Crippen molar-refractivity contribution in [2.75, 3.05) is 45.3 Å². The van der Waals surface area contributed by atoms with Crippen LogP contribution in [0.15, 0.2) is 36.4 Å². The number of nitrogens with zero attached hydrogens (tertiary/aromatic N) is 2. The second-order valence-electron chi connectivity index (χ2n) is 13.9. The molecule has 5 heteroatoms. The van der Waals surface area contributed by atoms with Gasteiger partial charge in [0.2, 0.25) is 0 Å². The van der Waals surface area contributed by atoms with Gasteiger partial charge >= 0.3 is 0 Å². The summed E-state index contributed by atoms with van der Waals surface area (Å²) in [5, 5.41) is 0. The van der Waals surface area contributed by atoms with Crippen molar-refractivity contribution in [1.29, 1.82) is 0 Å². The molecule has 2 saturated heterocycles. The summed E-state index contributed by atoms with van der Waals surface area (Å²) in [5.41, 5.74) is 5.75. The number of fused-ring (bicyclic) bond motifs is 2. The zero-order valence-electron chi connectivity index (χ0n) is 23.6. The Hall–Kier alpha value is -2.24. The van der Waals surface area contributed by atoms with Crippen molar-refractivity contribution >= 4 is 5.69 Å². The third-order valence-corrected chi connectivity index (χ3v) is 12.6. The van der Waals surface area contributed by atoms with Gasteiger partial charge in [-0.1, -0.05) is 18.2 Å². The van der Waals surface area contributed by atoms with Crippen LogP contribution in [0.5, 0.6) is 11.5 Å². The molecule has 39 heavy (non-hydrogen) atoms. The summed E-state index contributed by atoms with van der Waals surface area (Å²) < 4.78 is 20.0. The van der Waals surface area contributed by atoms with Crippen molar-refractivity contribution < 1.29 is 14.2 Å². The van der Waals surface area contributed by atoms with Gasteiger partial charge in [-0.05, 0) is 99.6 Å². The van der Waals surface area contributed by atoms with Gasteiger partial charge in [0.15, 0.2) is 11.5 Å². The fraction of sp³-hybridized carbons (Fsp3) is 0.647. The molecule has 10 rings (SSSR count). The van der Waals surface area contributed by atoms with Gasteiger partial charge in [0.25, 0.3) is 0 Å². The molecule has 2 aromatic rings. The van der Waals surface area contributed by atoms with Gasteiger partial charge in [0, 0.05) is 60.8 Å². The van der Waals surface area contributed by atoms with Crippen LogP contribution < -0.4 is 14.4 Å². The Labute approximate surface area is 232 Å². The third kappa shape index (κ3) is 2.79. The van der Waals surface area contributed by atoms with E-state index in [0.29, 0.717) is 12.0 Å². The predicted molar refractivity (Wildman–Crippen MR) is 152 cm³/mol. The molecule has 0 unspecified atom stereocenters. The number of likely N-dealkylation sites (tertiary alicyclic amines) is 1. The van der Waals surface area contributed by atoms with E-state index in [1.807, 2.05) is 7.11 Å². The van der Waals surface area contributed by atoms with Gasteiger partial charge < -0.3 is 19.1 Å². The van der Waals surface area contributed by atoms with Gasteiger partial charge in [0.1, 0.15) is 11.7 Å². The zero-order valence-corrected chi connectivity index (χ0v) is 23.6. The number of anilines is 1. The van der Waals surface area contributed by atoms with Crippen LogP contribution in [0.3, 0.4) is 0 Å². The lowest BCUT2D eigenvalue weighted by molar-refractivity contribution is -0.261. The molecule has 6 fully saturated rings. The van der Waals surface area contributed by atoms with E-state index in [9.17, 15) is 0 Å². The lowest BCUT2D eigenvalue weighted by atomic mass is 9.34. The Morgan fingerprint density at radius 1 is 0.949 bits per heavy atom. The quantitative estimate of drug-likeness (QED) is 0.483. The number of ether oxygens (including phenoxy) is 3. The highest BCUT2D eigenvalue weighted by atomic mass is 16.6. The molecule has 4 saturated carbocycles. The summed E-state index contributed by atoms with van der Waals surface area (Å²) in [7, 11) is 3.76. The van der Waals surface area contributed by atoms with Crippen LogP contribution >= 0.6 is 0 Å². The van der Waals surface area contributed by atoms with Gasteiger partial charge in [-0.2, -0.15) is 0 Å². The minimum Gasteiger partial charge on any atom is -0.493 e. The molecule has 3 heterocycles. The van der Waals surface area contributed by atoms with Crippen LogP contribution in [0.4, 0.5) is 5.69 Å². The van der Waals surface area contributed by atoms with Crippen molar-refractivity contribution in [2.45, 2.75) is 86.9 Å². The molecule has 3 aliphatic heterocycles. The van der Waals surface area contributed by atoms with E-state index in [2.05, 4.69) is 46.2 Å². The van der Waals surface area contributed by atoms with E-state index in [4.69, 9.17) is 14.2 Å². The molecule has 4 bridgehead atoms. The molecule has 0 amide bonds. The van der Waals surface area contributed by atoms with Gasteiger partial charge in [0.05, 0.1) is 7.11 Å². The largest absolute Gasteiger partial charge is 0.493 e. The van der Waals surface area contributed by atoms with Gasteiger partial charge in [-0.15, -0.1) is 0 Å². The van der Waals surface area contributed by atoms with E-state index in [-0.39, 0.29) is 22.5 Å². The average molecular weight is 527 g/mol. The summed E-state index contributed by atoms with van der Waals surface area (Å²) in [5.74, 6) is 3.20. The molecule has 2 aromatic carbocycles. The number of piperidine rings is 1. The SMILES string of the molecule is COc1ccc2c3c1O[C@H]1[C@@]4(OC)CC[C@@]5(C[C@@H]4c4ccc(N6CCCC6)cc4)[C@@H](C2)N(CC2CC2)CC[C@]315. The zero-order chi connectivity index (χ0) is 26.0. The van der Waals surface area contributed by atoms with Crippen LogP contribution in [-0.4, -0.2) is 63.0 Å². The Bertz CT molecular complexity index is 1320. The average Bonchev–Trinajstić information content (AvgIpc) is 3.47. The molecular weight excluding hydrogens is 484 g/mol. The minimum absolute atomic E-state index is 0.0232. The van der Waals surface area contributed by atoms with E-state index in [1.165, 1.54) is 93.5 Å². The van der Waals surface area contributed by atoms with Crippen molar-refractivity contribution in [1.82, 2.24) is 4.90 Å². The molecule has 0 radical (unpaired) electrons. The maximum atomic E-state index is 7.23. The summed E-state index contributed by atoms with van der Waals surface area (Å²) in [6, 6.07) is 14.7. The monoisotopic (exact) mass is 526 g/mol. The molecule has 2 spiro atoms. The highest BCUT2D eigenvalue weighted by Gasteiger charge is 2.80. The standard InChI is InChI=1S/C34H42N2O3/c1-37-27-12-9-24-19-28-32-13-14-34(38-2,26(20-32)23-7-10-25(11-8-23)35-16-3-4-17-35)31-33(32,29(24)30(27)39-31)15-18-36(28)21-22-5-6-22/h7-12,22,26,28,31H,3-6,13-21H2,1-2H3/t26-,28-,31-,32-,33+,34-/m1/s1. The second-order valence-corrected chi connectivity index (χ2v) is 13.9. The summed E-state index contributed by atoms with van der Waals surface area (Å²) in [4.78, 5) is 5.48. The molecule has 5 nitrogen and oxygen atoms in total. The van der Waals surface area contributed by atoms with Crippen molar-refractivity contribution in [2.24, 2.45) is 11.3 Å². The topological polar surface area (TPSA) is 34.2 Å². The minimum atomic E-state index is -0.321. The van der Waals surface area contributed by atoms with Crippen LogP contribution in [0, 0.1) is 11.3 Å². The number of hydrogen-bond donors (Lipinski definition) is 0. The smallest absolute Gasteiger partial charge is 0.165 e. The molecule has 6 atom stereocenters. The van der Waals surface area contributed by atoms with Crippen molar-refractivity contribution in [3.05, 3.63) is 53.1 Å². The summed E-state index contributed by atoms with van der Waals surface area (Å²) in [6.45, 7) is 4.85. The van der Waals surface area contributed by atoms with E-state index in [1.54, 1.807) is 7.11 Å². The third-order valence-electron chi connectivity index (χ3n) is 12.6. The van der Waals surface area contributed by atoms with Crippen molar-refractivity contribution in [3.8, 4) is 11.5 Å². The molecule has 5 aliphatic carbocycles. The first kappa shape index (κ1) is 23.5. The van der Waals surface area contributed by atoms with E-state index < -0.39 is 0 Å². The van der Waals surface area contributed by atoms with Crippen molar-refractivity contribution in [3.63, 3.8) is 0 Å². The van der Waals surface area contributed by atoms with Crippen LogP contribution in [-0.2, 0) is 16.6 Å². The maximum Gasteiger partial charge on any atom is 0.165 e. The lowest BCUT2D eigenvalue weighted by Gasteiger charge is -2.74. The first-order chi connectivity index (χ1) is 19.1. The Morgan fingerprint density at radius 3 is 2.51 bits per heavy atom. The Kier molecular flexibility index (Phi) is 4.78. The van der Waals surface area contributed by atoms with Crippen LogP contribution in [0.25, 0.3) is 0 Å². The van der Waals surface area contributed by atoms with Gasteiger partial charge in [-0.3, -0.25) is 4.90 Å². The number of benzene rings is 2. The number of methoxy groups -OCH3 is 2. The molecule has 0 N–H and O–H groups in total. The van der Waals surface area contributed by atoms with E-state index >= 15 is 0 Å². The van der Waals surface area contributed by atoms with Crippen LogP contribution in [0.2, 0.25) is 0 Å². The fourth-order valence-electron chi connectivity index (χ4n) is 10.8. The van der Waals surface area contributed by atoms with Crippen LogP contribution in [0.1, 0.15) is 74.0 Å². The number of hydrogen-bond acceptors (Lipinski definition) is 5. The Morgan fingerprint density at radius 2 is 1.77 bits per heavy atom. The second kappa shape index (κ2) is 7.94. The fourth-order valence-corrected chi connectivity index (χ4v) is 10.8. The first-order valence-corrected chi connectivity index (χ1v) is 15.6. The predicted octanol–water partition coefficient (Wildman–Crippen LogP) is 5.69. The highest BCUT2D eigenvalue weighted by Crippen LogP contribution is 2.78. The maximum absolute atomic E-state index is 7.23. The molecule has 206 valence electrons. The lowest BCUT2D eigenvalue weighted by Crippen LogP contribution is -2.80. The number of rotatable bonds is 6. The summed E-state index contributed by atoms with van der Waals surface area (Å²) >= 11 is 0. The molecule has 0 aromatic heterocycles. The molecular formula is C34H42N2O3. The van der Waals surface area contributed by atoms with E-state index in [0.717, 1.165) is 30.3 Å². The molecule has 8 aliphatic rings. The normalized spacial score (nSPS) is 39.5. The summed E-state index contributed by atoms with van der Waals surface area (Å²) in [6.07, 6.45) is 11.4. The van der Waals surface area contributed by atoms with Gasteiger partial charge in [-0.25, -0.2) is 0 Å².